The third kappa shape index (κ3) is 2.31. The smallest absolute Gasteiger partial charge is 0.239 e. The van der Waals surface area contributed by atoms with Gasteiger partial charge in [0.2, 0.25) is 10.0 Å². The Hall–Kier alpha value is -1.47. The summed E-state index contributed by atoms with van der Waals surface area (Å²) in [6.07, 6.45) is 0.0918. The molecule has 0 spiro atoms. The number of carbonyl (C=O) groups excluding carboxylic acids is 1. The lowest BCUT2D eigenvalue weighted by molar-refractivity contribution is 0.111. The normalized spacial score (nSPS) is 11.1. The first-order chi connectivity index (χ1) is 6.90. The fourth-order valence-corrected chi connectivity index (χ4v) is 1.77. The molecule has 0 heterocycles. The van der Waals surface area contributed by atoms with Gasteiger partial charge in [0.25, 0.3) is 0 Å². The monoisotopic (exact) mass is 233 g/mol. The molecule has 1 aromatic rings. The van der Waals surface area contributed by atoms with E-state index in [0.717, 1.165) is 12.1 Å². The minimum atomic E-state index is -4.15. The van der Waals surface area contributed by atoms with Crippen molar-refractivity contribution in [3.8, 4) is 5.75 Å². The third-order valence-corrected chi connectivity index (χ3v) is 2.68. The van der Waals surface area contributed by atoms with Gasteiger partial charge in [-0.15, -0.1) is 0 Å². The summed E-state index contributed by atoms with van der Waals surface area (Å²) in [6.45, 7) is 0. The van der Waals surface area contributed by atoms with Crippen LogP contribution in [-0.4, -0.2) is 21.8 Å². The second kappa shape index (κ2) is 3.95. The van der Waals surface area contributed by atoms with Crippen molar-refractivity contribution in [2.75, 3.05) is 7.11 Å². The number of methoxy groups -OCH3 is 1. The van der Waals surface area contributed by atoms with E-state index in [-0.39, 0.29) is 12.0 Å². The first kappa shape index (κ1) is 11.6. The molecule has 0 aliphatic rings. The van der Waals surface area contributed by atoms with E-state index in [1.54, 1.807) is 0 Å². The highest BCUT2D eigenvalue weighted by atomic mass is 32.2. The number of sulfonamides is 1. The SMILES string of the molecule is COc1cc(F)c(C=O)c(S(N)(=O)=O)c1. The lowest BCUT2D eigenvalue weighted by atomic mass is 10.2. The van der Waals surface area contributed by atoms with E-state index in [2.05, 4.69) is 4.74 Å². The van der Waals surface area contributed by atoms with Gasteiger partial charge < -0.3 is 4.74 Å². The Morgan fingerprint density at radius 1 is 1.47 bits per heavy atom. The summed E-state index contributed by atoms with van der Waals surface area (Å²) in [5.74, 6) is -1.02. The zero-order valence-electron chi connectivity index (χ0n) is 7.73. The van der Waals surface area contributed by atoms with Crippen molar-refractivity contribution in [2.24, 2.45) is 5.14 Å². The van der Waals surface area contributed by atoms with Gasteiger partial charge in [0, 0.05) is 12.1 Å². The van der Waals surface area contributed by atoms with Crippen molar-refractivity contribution >= 4 is 16.3 Å². The highest BCUT2D eigenvalue weighted by Crippen LogP contribution is 2.23. The van der Waals surface area contributed by atoms with Crippen LogP contribution in [0.25, 0.3) is 0 Å². The lowest BCUT2D eigenvalue weighted by Gasteiger charge is -2.06. The van der Waals surface area contributed by atoms with Crippen LogP contribution in [0.3, 0.4) is 0 Å². The Bertz CT molecular complexity index is 498. The predicted molar refractivity (Wildman–Crippen MR) is 49.7 cm³/mol. The number of hydrogen-bond donors (Lipinski definition) is 1. The zero-order valence-corrected chi connectivity index (χ0v) is 8.55. The minimum absolute atomic E-state index is 0.0258. The fraction of sp³-hybridized carbons (Fsp3) is 0.125. The second-order valence-electron chi connectivity index (χ2n) is 2.68. The number of primary sulfonamides is 1. The van der Waals surface area contributed by atoms with E-state index in [4.69, 9.17) is 5.14 Å². The average molecular weight is 233 g/mol. The van der Waals surface area contributed by atoms with Crippen molar-refractivity contribution in [1.29, 1.82) is 0 Å². The van der Waals surface area contributed by atoms with Gasteiger partial charge in [-0.25, -0.2) is 17.9 Å². The molecular weight excluding hydrogens is 225 g/mol. The molecule has 0 aromatic heterocycles. The maximum atomic E-state index is 13.2. The number of hydrogen-bond acceptors (Lipinski definition) is 4. The number of benzene rings is 1. The molecule has 0 aliphatic carbocycles. The van der Waals surface area contributed by atoms with E-state index in [1.165, 1.54) is 7.11 Å². The van der Waals surface area contributed by atoms with E-state index in [1.807, 2.05) is 0 Å². The highest BCUT2D eigenvalue weighted by Gasteiger charge is 2.19. The summed E-state index contributed by atoms with van der Waals surface area (Å²) in [5, 5.41) is 4.82. The quantitative estimate of drug-likeness (QED) is 0.760. The standard InChI is InChI=1S/C8H8FNO4S/c1-14-5-2-7(9)6(4-11)8(3-5)15(10,12)13/h2-4H,1H3,(H2,10,12,13). The van der Waals surface area contributed by atoms with Crippen molar-refractivity contribution in [3.63, 3.8) is 0 Å². The number of ether oxygens (including phenoxy) is 1. The van der Waals surface area contributed by atoms with E-state index in [9.17, 15) is 17.6 Å². The molecule has 2 N–H and O–H groups in total. The Balaban J connectivity index is 3.60. The first-order valence-corrected chi connectivity index (χ1v) is 5.30. The van der Waals surface area contributed by atoms with Crippen molar-refractivity contribution in [2.45, 2.75) is 4.90 Å². The molecule has 0 fully saturated rings. The van der Waals surface area contributed by atoms with Crippen molar-refractivity contribution in [3.05, 3.63) is 23.5 Å². The molecule has 0 saturated heterocycles. The Labute approximate surface area is 85.7 Å². The van der Waals surface area contributed by atoms with Crippen LogP contribution in [0.2, 0.25) is 0 Å². The van der Waals surface area contributed by atoms with E-state index < -0.39 is 26.3 Å². The van der Waals surface area contributed by atoms with Gasteiger partial charge >= 0.3 is 0 Å². The van der Waals surface area contributed by atoms with Gasteiger partial charge in [-0.1, -0.05) is 0 Å². The maximum Gasteiger partial charge on any atom is 0.239 e. The summed E-state index contributed by atoms with van der Waals surface area (Å²) in [4.78, 5) is 9.91. The first-order valence-electron chi connectivity index (χ1n) is 3.75. The van der Waals surface area contributed by atoms with Gasteiger partial charge in [-0.3, -0.25) is 4.79 Å². The Morgan fingerprint density at radius 3 is 2.47 bits per heavy atom. The summed E-state index contributed by atoms with van der Waals surface area (Å²) < 4.78 is 39.9. The molecule has 82 valence electrons. The highest BCUT2D eigenvalue weighted by molar-refractivity contribution is 7.89. The molecule has 0 atom stereocenters. The summed E-state index contributed by atoms with van der Waals surface area (Å²) in [7, 11) is -2.91. The number of rotatable bonds is 3. The Kier molecular flexibility index (Phi) is 3.06. The summed E-state index contributed by atoms with van der Waals surface area (Å²) in [6, 6.07) is 1.89. The van der Waals surface area contributed by atoms with Crippen LogP contribution in [0.1, 0.15) is 10.4 Å². The largest absolute Gasteiger partial charge is 0.497 e. The molecule has 0 unspecified atom stereocenters. The molecular formula is C8H8FNO4S. The minimum Gasteiger partial charge on any atom is -0.497 e. The molecule has 0 radical (unpaired) electrons. The number of carbonyl (C=O) groups is 1. The zero-order chi connectivity index (χ0) is 11.6. The van der Waals surface area contributed by atoms with Gasteiger partial charge in [-0.2, -0.15) is 0 Å². The Morgan fingerprint density at radius 2 is 2.07 bits per heavy atom. The molecule has 15 heavy (non-hydrogen) atoms. The van der Waals surface area contributed by atoms with Crippen LogP contribution in [0.15, 0.2) is 17.0 Å². The third-order valence-electron chi connectivity index (χ3n) is 1.73. The fourth-order valence-electron chi connectivity index (χ4n) is 1.04. The summed E-state index contributed by atoms with van der Waals surface area (Å²) in [5.41, 5.74) is -0.599. The van der Waals surface area contributed by atoms with Gasteiger partial charge in [0.15, 0.2) is 6.29 Å². The molecule has 1 rings (SSSR count). The van der Waals surface area contributed by atoms with Crippen molar-refractivity contribution in [1.82, 2.24) is 0 Å². The molecule has 0 aliphatic heterocycles. The number of nitrogens with two attached hydrogens (primary N) is 1. The van der Waals surface area contributed by atoms with Crippen LogP contribution < -0.4 is 9.88 Å². The molecule has 0 bridgehead atoms. The number of halogens is 1. The van der Waals surface area contributed by atoms with E-state index in [0.29, 0.717) is 0 Å². The average Bonchev–Trinajstić information content (AvgIpc) is 2.15. The molecule has 5 nitrogen and oxygen atoms in total. The second-order valence-corrected chi connectivity index (χ2v) is 4.21. The van der Waals surface area contributed by atoms with Crippen LogP contribution in [0.5, 0.6) is 5.75 Å². The molecule has 1 aromatic carbocycles. The molecule has 0 saturated carbocycles. The molecule has 7 heteroatoms. The maximum absolute atomic E-state index is 13.2. The van der Waals surface area contributed by atoms with Gasteiger partial charge in [0.05, 0.1) is 17.6 Å². The summed E-state index contributed by atoms with van der Waals surface area (Å²) >= 11 is 0. The van der Waals surface area contributed by atoms with E-state index >= 15 is 0 Å². The lowest BCUT2D eigenvalue weighted by Crippen LogP contribution is -2.15. The van der Waals surface area contributed by atoms with Gasteiger partial charge in [-0.05, 0) is 0 Å². The van der Waals surface area contributed by atoms with Crippen molar-refractivity contribution < 1.29 is 22.3 Å². The number of aldehydes is 1. The van der Waals surface area contributed by atoms with Crippen LogP contribution >= 0.6 is 0 Å². The van der Waals surface area contributed by atoms with Crippen LogP contribution in [0, 0.1) is 5.82 Å². The van der Waals surface area contributed by atoms with Crippen LogP contribution in [0.4, 0.5) is 4.39 Å². The topological polar surface area (TPSA) is 86.5 Å². The van der Waals surface area contributed by atoms with Crippen LogP contribution in [-0.2, 0) is 10.0 Å². The van der Waals surface area contributed by atoms with Gasteiger partial charge in [0.1, 0.15) is 11.6 Å². The predicted octanol–water partition coefficient (Wildman–Crippen LogP) is 0.294. The molecule has 0 amide bonds.